The van der Waals surface area contributed by atoms with Gasteiger partial charge in [-0.05, 0) is 44.7 Å². The number of halogens is 2. The summed E-state index contributed by atoms with van der Waals surface area (Å²) in [4.78, 5) is 0. The van der Waals surface area contributed by atoms with Crippen molar-refractivity contribution in [3.05, 3.63) is 34.4 Å². The van der Waals surface area contributed by atoms with E-state index in [1.807, 2.05) is 19.1 Å². The van der Waals surface area contributed by atoms with E-state index in [-0.39, 0.29) is 5.56 Å². The van der Waals surface area contributed by atoms with Gasteiger partial charge in [-0.1, -0.05) is 17.7 Å². The third-order valence-electron chi connectivity index (χ3n) is 3.10. The summed E-state index contributed by atoms with van der Waals surface area (Å²) in [6.07, 6.45) is 1.33. The molecular formula is C13H16F2. The van der Waals surface area contributed by atoms with Gasteiger partial charge < -0.3 is 0 Å². The van der Waals surface area contributed by atoms with E-state index in [1.165, 1.54) is 0 Å². The molecule has 0 unspecified atom stereocenters. The molecule has 0 N–H and O–H groups in total. The Kier molecular flexibility index (Phi) is 2.32. The molecule has 0 radical (unpaired) electrons. The van der Waals surface area contributed by atoms with Crippen LogP contribution in [0, 0.1) is 26.7 Å². The zero-order valence-electron chi connectivity index (χ0n) is 9.40. The minimum Gasteiger partial charge on any atom is -0.201 e. The predicted octanol–water partition coefficient (Wildman–Crippen LogP) is 4.11. The Morgan fingerprint density at radius 3 is 1.93 bits per heavy atom. The molecular weight excluding hydrogens is 194 g/mol. The number of alkyl halides is 2. The Balaban J connectivity index is 2.51. The first-order chi connectivity index (χ1) is 6.93. The van der Waals surface area contributed by atoms with Crippen LogP contribution in [0.2, 0.25) is 0 Å². The molecule has 0 nitrogen and oxygen atoms in total. The smallest absolute Gasteiger partial charge is 0.201 e. The van der Waals surface area contributed by atoms with Crippen molar-refractivity contribution in [2.24, 2.45) is 5.92 Å². The van der Waals surface area contributed by atoms with Crippen LogP contribution in [0.5, 0.6) is 0 Å². The summed E-state index contributed by atoms with van der Waals surface area (Å²) in [5.74, 6) is -3.04. The first kappa shape index (κ1) is 10.6. The van der Waals surface area contributed by atoms with Crippen LogP contribution in [0.25, 0.3) is 0 Å². The third kappa shape index (κ3) is 1.77. The van der Waals surface area contributed by atoms with Crippen molar-refractivity contribution in [3.8, 4) is 0 Å². The van der Waals surface area contributed by atoms with E-state index in [0.717, 1.165) is 16.7 Å². The first-order valence-corrected chi connectivity index (χ1v) is 5.39. The zero-order valence-corrected chi connectivity index (χ0v) is 9.40. The Morgan fingerprint density at radius 1 is 1.07 bits per heavy atom. The normalized spacial score (nSPS) is 16.9. The highest BCUT2D eigenvalue weighted by Crippen LogP contribution is 2.51. The fourth-order valence-corrected chi connectivity index (χ4v) is 2.36. The molecule has 1 fully saturated rings. The summed E-state index contributed by atoms with van der Waals surface area (Å²) in [6, 6.07) is 3.69. The molecule has 0 spiro atoms. The van der Waals surface area contributed by atoms with E-state index < -0.39 is 11.8 Å². The second-order valence-corrected chi connectivity index (χ2v) is 4.67. The van der Waals surface area contributed by atoms with Crippen molar-refractivity contribution >= 4 is 0 Å². The van der Waals surface area contributed by atoms with Crippen LogP contribution in [-0.4, -0.2) is 0 Å². The van der Waals surface area contributed by atoms with Crippen LogP contribution in [0.15, 0.2) is 12.1 Å². The van der Waals surface area contributed by atoms with Crippen molar-refractivity contribution in [2.45, 2.75) is 39.5 Å². The lowest BCUT2D eigenvalue weighted by Crippen LogP contribution is -2.19. The summed E-state index contributed by atoms with van der Waals surface area (Å²) >= 11 is 0. The number of aryl methyl sites for hydroxylation is 3. The van der Waals surface area contributed by atoms with Gasteiger partial charge in [0.05, 0.1) is 0 Å². The van der Waals surface area contributed by atoms with Crippen LogP contribution in [0.1, 0.15) is 35.1 Å². The SMILES string of the molecule is Cc1cc(C)c(C(F)(F)C2CC2)c(C)c1. The summed E-state index contributed by atoms with van der Waals surface area (Å²) < 4.78 is 28.0. The van der Waals surface area contributed by atoms with Gasteiger partial charge in [0.2, 0.25) is 0 Å². The van der Waals surface area contributed by atoms with Gasteiger partial charge in [0.1, 0.15) is 0 Å². The fraction of sp³-hybridized carbons (Fsp3) is 0.538. The molecule has 0 saturated heterocycles. The second-order valence-electron chi connectivity index (χ2n) is 4.67. The predicted molar refractivity (Wildman–Crippen MR) is 57.3 cm³/mol. The van der Waals surface area contributed by atoms with Gasteiger partial charge in [0.25, 0.3) is 5.92 Å². The van der Waals surface area contributed by atoms with E-state index >= 15 is 0 Å². The highest BCUT2D eigenvalue weighted by Gasteiger charge is 2.49. The minimum absolute atomic E-state index is 0.260. The van der Waals surface area contributed by atoms with Crippen LogP contribution in [0.3, 0.4) is 0 Å². The number of hydrogen-bond donors (Lipinski definition) is 0. The third-order valence-corrected chi connectivity index (χ3v) is 3.10. The molecule has 1 saturated carbocycles. The molecule has 0 atom stereocenters. The summed E-state index contributed by atoms with van der Waals surface area (Å²) in [6.45, 7) is 5.51. The van der Waals surface area contributed by atoms with Gasteiger partial charge in [0.15, 0.2) is 0 Å². The van der Waals surface area contributed by atoms with Crippen molar-refractivity contribution in [2.75, 3.05) is 0 Å². The molecule has 1 aliphatic carbocycles. The van der Waals surface area contributed by atoms with Crippen molar-refractivity contribution in [1.29, 1.82) is 0 Å². The van der Waals surface area contributed by atoms with Crippen LogP contribution < -0.4 is 0 Å². The van der Waals surface area contributed by atoms with Gasteiger partial charge in [-0.15, -0.1) is 0 Å². The molecule has 0 aromatic heterocycles. The average molecular weight is 210 g/mol. The van der Waals surface area contributed by atoms with E-state index in [1.54, 1.807) is 13.8 Å². The molecule has 2 rings (SSSR count). The molecule has 0 heterocycles. The quantitative estimate of drug-likeness (QED) is 0.689. The monoisotopic (exact) mass is 210 g/mol. The maximum Gasteiger partial charge on any atom is 0.276 e. The van der Waals surface area contributed by atoms with Crippen LogP contribution in [-0.2, 0) is 5.92 Å². The molecule has 2 heteroatoms. The Hall–Kier alpha value is -0.920. The topological polar surface area (TPSA) is 0 Å². The fourth-order valence-electron chi connectivity index (χ4n) is 2.36. The number of hydrogen-bond acceptors (Lipinski definition) is 0. The Bertz CT molecular complexity index is 367. The van der Waals surface area contributed by atoms with Crippen molar-refractivity contribution < 1.29 is 8.78 Å². The molecule has 82 valence electrons. The first-order valence-electron chi connectivity index (χ1n) is 5.39. The molecule has 15 heavy (non-hydrogen) atoms. The van der Waals surface area contributed by atoms with E-state index in [0.29, 0.717) is 12.8 Å². The lowest BCUT2D eigenvalue weighted by atomic mass is 9.92. The molecule has 0 aliphatic heterocycles. The molecule has 0 amide bonds. The van der Waals surface area contributed by atoms with Crippen molar-refractivity contribution in [3.63, 3.8) is 0 Å². The highest BCUT2D eigenvalue weighted by atomic mass is 19.3. The summed E-state index contributed by atoms with van der Waals surface area (Å²) in [7, 11) is 0. The minimum atomic E-state index is -2.62. The van der Waals surface area contributed by atoms with Gasteiger partial charge in [-0.25, -0.2) is 8.78 Å². The van der Waals surface area contributed by atoms with Gasteiger partial charge >= 0.3 is 0 Å². The molecule has 1 aromatic carbocycles. The van der Waals surface area contributed by atoms with Crippen molar-refractivity contribution in [1.82, 2.24) is 0 Å². The standard InChI is InChI=1S/C13H16F2/c1-8-6-9(2)12(10(3)7-8)13(14,15)11-4-5-11/h6-7,11H,4-5H2,1-3H3. The molecule has 1 aromatic rings. The van der Waals surface area contributed by atoms with Crippen LogP contribution in [0.4, 0.5) is 8.78 Å². The Morgan fingerprint density at radius 2 is 1.53 bits per heavy atom. The number of rotatable bonds is 2. The molecule has 1 aliphatic rings. The maximum atomic E-state index is 14.0. The largest absolute Gasteiger partial charge is 0.276 e. The lowest BCUT2D eigenvalue weighted by Gasteiger charge is -2.21. The van der Waals surface area contributed by atoms with Crippen LogP contribution >= 0.6 is 0 Å². The summed E-state index contributed by atoms with van der Waals surface area (Å²) in [5.41, 5.74) is 2.77. The highest BCUT2D eigenvalue weighted by molar-refractivity contribution is 5.41. The Labute approximate surface area is 89.3 Å². The van der Waals surface area contributed by atoms with Gasteiger partial charge in [0, 0.05) is 11.5 Å². The summed E-state index contributed by atoms with van der Waals surface area (Å²) in [5, 5.41) is 0. The van der Waals surface area contributed by atoms with E-state index in [4.69, 9.17) is 0 Å². The van der Waals surface area contributed by atoms with E-state index in [9.17, 15) is 8.78 Å². The van der Waals surface area contributed by atoms with E-state index in [2.05, 4.69) is 0 Å². The van der Waals surface area contributed by atoms with Gasteiger partial charge in [-0.3, -0.25) is 0 Å². The van der Waals surface area contributed by atoms with Gasteiger partial charge in [-0.2, -0.15) is 0 Å². The molecule has 0 bridgehead atoms. The maximum absolute atomic E-state index is 14.0. The number of benzene rings is 1. The average Bonchev–Trinajstić information content (AvgIpc) is 2.81. The zero-order chi connectivity index (χ0) is 11.2. The lowest BCUT2D eigenvalue weighted by molar-refractivity contribution is -0.0297. The second kappa shape index (κ2) is 3.29.